The monoisotopic (exact) mass is 355 g/mol. The smallest absolute Gasteiger partial charge is 0.127 e. The first-order valence-electron chi connectivity index (χ1n) is 10.1. The first-order valence-corrected chi connectivity index (χ1v) is 10.1. The molecular weight excluding hydrogens is 330 g/mol. The summed E-state index contributed by atoms with van der Waals surface area (Å²) in [6.07, 6.45) is 8.76. The molecular formula is C24H25N3. The third-order valence-corrected chi connectivity index (χ3v) is 6.63. The standard InChI is InChI=1S/C24H25N3/c25-17-24(26-20-9-2-1-3-10-20)12-14-27(15-13-24)22-16-19-8-4-6-18-7-5-11-21(22)23(18)19/h1-7,9-11,19,22,26H,8,12-16H2. The van der Waals surface area contributed by atoms with E-state index < -0.39 is 5.54 Å². The molecule has 2 aliphatic carbocycles. The summed E-state index contributed by atoms with van der Waals surface area (Å²) in [4.78, 5) is 2.62. The minimum Gasteiger partial charge on any atom is -0.367 e. The highest BCUT2D eigenvalue weighted by Crippen LogP contribution is 2.49. The first-order chi connectivity index (χ1) is 13.3. The highest BCUT2D eigenvalue weighted by atomic mass is 15.2. The van der Waals surface area contributed by atoms with E-state index in [9.17, 15) is 5.26 Å². The maximum Gasteiger partial charge on any atom is 0.127 e. The Kier molecular flexibility index (Phi) is 4.02. The molecule has 0 radical (unpaired) electrons. The third kappa shape index (κ3) is 2.85. The predicted molar refractivity (Wildman–Crippen MR) is 109 cm³/mol. The molecule has 2 aromatic carbocycles. The Morgan fingerprint density at radius 2 is 1.85 bits per heavy atom. The second-order valence-corrected chi connectivity index (χ2v) is 8.16. The van der Waals surface area contributed by atoms with Crippen molar-refractivity contribution < 1.29 is 0 Å². The zero-order valence-corrected chi connectivity index (χ0v) is 15.6. The van der Waals surface area contributed by atoms with Gasteiger partial charge in [0.2, 0.25) is 0 Å². The van der Waals surface area contributed by atoms with Gasteiger partial charge in [0.1, 0.15) is 5.54 Å². The van der Waals surface area contributed by atoms with Crippen molar-refractivity contribution in [2.45, 2.75) is 43.2 Å². The zero-order chi connectivity index (χ0) is 18.3. The van der Waals surface area contributed by atoms with Crippen molar-refractivity contribution in [1.29, 1.82) is 5.26 Å². The third-order valence-electron chi connectivity index (χ3n) is 6.63. The van der Waals surface area contributed by atoms with Crippen LogP contribution in [0, 0.1) is 11.3 Å². The highest BCUT2D eigenvalue weighted by Gasteiger charge is 2.41. The molecule has 2 unspecified atom stereocenters. The van der Waals surface area contributed by atoms with Crippen LogP contribution >= 0.6 is 0 Å². The van der Waals surface area contributed by atoms with Gasteiger partial charge in [-0.05, 0) is 60.4 Å². The van der Waals surface area contributed by atoms with Gasteiger partial charge in [0.05, 0.1) is 6.07 Å². The molecule has 27 heavy (non-hydrogen) atoms. The normalized spacial score (nSPS) is 25.6. The molecule has 5 rings (SSSR count). The zero-order valence-electron chi connectivity index (χ0n) is 15.6. The van der Waals surface area contributed by atoms with Crippen LogP contribution < -0.4 is 5.32 Å². The van der Waals surface area contributed by atoms with Crippen molar-refractivity contribution in [2.75, 3.05) is 18.4 Å². The fraction of sp³-hybridized carbons (Fsp3) is 0.375. The highest BCUT2D eigenvalue weighted by molar-refractivity contribution is 5.62. The summed E-state index contributed by atoms with van der Waals surface area (Å²) in [5, 5.41) is 13.4. The number of hydrogen-bond acceptors (Lipinski definition) is 3. The summed E-state index contributed by atoms with van der Waals surface area (Å²) in [5.41, 5.74) is 5.13. The van der Waals surface area contributed by atoms with Gasteiger partial charge in [0, 0.05) is 24.8 Å². The van der Waals surface area contributed by atoms with E-state index in [4.69, 9.17) is 0 Å². The molecule has 1 N–H and O–H groups in total. The van der Waals surface area contributed by atoms with Gasteiger partial charge >= 0.3 is 0 Å². The van der Waals surface area contributed by atoms with Crippen LogP contribution in [-0.4, -0.2) is 23.5 Å². The average Bonchev–Trinajstić information content (AvgIpc) is 3.10. The lowest BCUT2D eigenvalue weighted by Gasteiger charge is -2.41. The van der Waals surface area contributed by atoms with E-state index >= 15 is 0 Å². The van der Waals surface area contributed by atoms with Gasteiger partial charge in [-0.2, -0.15) is 5.26 Å². The number of para-hydroxylation sites is 1. The largest absolute Gasteiger partial charge is 0.367 e. The summed E-state index contributed by atoms with van der Waals surface area (Å²) in [6, 6.07) is 20.0. The Hall–Kier alpha value is -2.57. The van der Waals surface area contributed by atoms with Crippen molar-refractivity contribution in [3.8, 4) is 6.07 Å². The van der Waals surface area contributed by atoms with Gasteiger partial charge in [-0.15, -0.1) is 0 Å². The Balaban J connectivity index is 1.33. The second kappa shape index (κ2) is 6.55. The Morgan fingerprint density at radius 3 is 2.63 bits per heavy atom. The molecule has 0 saturated carbocycles. The minimum atomic E-state index is -0.448. The van der Waals surface area contributed by atoms with Gasteiger partial charge in [-0.1, -0.05) is 48.6 Å². The number of anilines is 1. The van der Waals surface area contributed by atoms with Crippen LogP contribution in [0.3, 0.4) is 0 Å². The van der Waals surface area contributed by atoms with Crippen LogP contribution in [0.1, 0.15) is 54.3 Å². The van der Waals surface area contributed by atoms with Gasteiger partial charge in [-0.25, -0.2) is 0 Å². The molecule has 1 saturated heterocycles. The van der Waals surface area contributed by atoms with Crippen molar-refractivity contribution in [1.82, 2.24) is 4.90 Å². The van der Waals surface area contributed by atoms with Gasteiger partial charge < -0.3 is 5.32 Å². The number of rotatable bonds is 3. The quantitative estimate of drug-likeness (QED) is 0.832. The molecule has 1 aliphatic heterocycles. The fourth-order valence-electron chi connectivity index (χ4n) is 5.22. The van der Waals surface area contributed by atoms with Gasteiger partial charge in [-0.3, -0.25) is 4.90 Å². The molecule has 2 atom stereocenters. The molecule has 0 aromatic heterocycles. The number of nitriles is 1. The van der Waals surface area contributed by atoms with Crippen molar-refractivity contribution in [3.05, 3.63) is 71.3 Å². The number of nitrogens with one attached hydrogen (secondary N) is 1. The number of allylic oxidation sites excluding steroid dienone is 1. The molecule has 0 spiro atoms. The molecule has 3 aliphatic rings. The predicted octanol–water partition coefficient (Wildman–Crippen LogP) is 5.10. The lowest BCUT2D eigenvalue weighted by atomic mass is 9.87. The summed E-state index contributed by atoms with van der Waals surface area (Å²) in [7, 11) is 0. The topological polar surface area (TPSA) is 39.1 Å². The first kappa shape index (κ1) is 16.6. The van der Waals surface area contributed by atoms with Crippen molar-refractivity contribution >= 4 is 11.8 Å². The van der Waals surface area contributed by atoms with E-state index in [0.29, 0.717) is 12.0 Å². The number of likely N-dealkylation sites (tertiary alicyclic amines) is 1. The summed E-state index contributed by atoms with van der Waals surface area (Å²) in [6.45, 7) is 1.95. The lowest BCUT2D eigenvalue weighted by molar-refractivity contribution is 0.138. The van der Waals surface area contributed by atoms with Crippen LogP contribution in [0.15, 0.2) is 54.6 Å². The Labute approximate surface area is 161 Å². The van der Waals surface area contributed by atoms with Crippen LogP contribution in [-0.2, 0) is 0 Å². The van der Waals surface area contributed by atoms with Crippen molar-refractivity contribution in [3.63, 3.8) is 0 Å². The SMILES string of the molecule is N#CC1(Nc2ccccc2)CCN(C2CC3CC=Cc4cccc2c43)CC1. The average molecular weight is 355 g/mol. The Morgan fingerprint density at radius 1 is 1.04 bits per heavy atom. The lowest BCUT2D eigenvalue weighted by Crippen LogP contribution is -2.49. The van der Waals surface area contributed by atoms with E-state index in [1.807, 2.05) is 30.3 Å². The van der Waals surface area contributed by atoms with E-state index in [2.05, 4.69) is 46.6 Å². The van der Waals surface area contributed by atoms with Crippen LogP contribution in [0.2, 0.25) is 0 Å². The molecule has 3 nitrogen and oxygen atoms in total. The molecule has 3 heteroatoms. The van der Waals surface area contributed by atoms with Crippen LogP contribution in [0.25, 0.3) is 6.08 Å². The molecule has 1 heterocycles. The van der Waals surface area contributed by atoms with Crippen LogP contribution in [0.5, 0.6) is 0 Å². The number of benzene rings is 2. The van der Waals surface area contributed by atoms with Gasteiger partial charge in [0.15, 0.2) is 0 Å². The number of nitrogens with zero attached hydrogens (tertiary/aromatic N) is 2. The van der Waals surface area contributed by atoms with E-state index in [1.165, 1.54) is 24.0 Å². The molecule has 0 bridgehead atoms. The minimum absolute atomic E-state index is 0.448. The number of hydrogen-bond donors (Lipinski definition) is 1. The molecule has 136 valence electrons. The summed E-state index contributed by atoms with van der Waals surface area (Å²) >= 11 is 0. The van der Waals surface area contributed by atoms with E-state index in [1.54, 1.807) is 5.56 Å². The van der Waals surface area contributed by atoms with E-state index in [-0.39, 0.29) is 0 Å². The maximum absolute atomic E-state index is 9.90. The van der Waals surface area contributed by atoms with E-state index in [0.717, 1.165) is 31.6 Å². The maximum atomic E-state index is 9.90. The van der Waals surface area contributed by atoms with Gasteiger partial charge in [0.25, 0.3) is 0 Å². The van der Waals surface area contributed by atoms with Crippen LogP contribution in [0.4, 0.5) is 5.69 Å². The summed E-state index contributed by atoms with van der Waals surface area (Å²) in [5.74, 6) is 0.677. The Bertz CT molecular complexity index is 901. The fourth-order valence-corrected chi connectivity index (χ4v) is 5.22. The van der Waals surface area contributed by atoms with Crippen molar-refractivity contribution in [2.24, 2.45) is 0 Å². The molecule has 0 amide bonds. The second-order valence-electron chi connectivity index (χ2n) is 8.16. The summed E-state index contributed by atoms with van der Waals surface area (Å²) < 4.78 is 0. The number of piperidine rings is 1. The molecule has 2 aromatic rings. The molecule has 1 fully saturated rings.